The van der Waals surface area contributed by atoms with Crippen LogP contribution in [0.5, 0.6) is 0 Å². The topological polar surface area (TPSA) is 29.9 Å². The first-order valence-corrected chi connectivity index (χ1v) is 6.95. The van der Waals surface area contributed by atoms with Crippen molar-refractivity contribution in [2.24, 2.45) is 7.05 Å². The van der Waals surface area contributed by atoms with Gasteiger partial charge in [-0.25, -0.2) is 0 Å². The first-order valence-electron chi connectivity index (χ1n) is 5.56. The number of aryl methyl sites for hydroxylation is 1. The molecule has 1 heterocycles. The average molecular weight is 225 g/mol. The summed E-state index contributed by atoms with van der Waals surface area (Å²) < 4.78 is 2.03. The van der Waals surface area contributed by atoms with E-state index in [0.717, 1.165) is 6.54 Å². The zero-order chi connectivity index (χ0) is 10.7. The maximum absolute atomic E-state index is 4.35. The fourth-order valence-corrected chi connectivity index (χ4v) is 2.58. The van der Waals surface area contributed by atoms with Crippen LogP contribution in [0.4, 0.5) is 0 Å². The minimum absolute atomic E-state index is 0.537. The lowest BCUT2D eigenvalue weighted by molar-refractivity contribution is 0.465. The van der Waals surface area contributed by atoms with E-state index >= 15 is 0 Å². The monoisotopic (exact) mass is 225 g/mol. The van der Waals surface area contributed by atoms with Crippen LogP contribution in [-0.4, -0.2) is 28.3 Å². The van der Waals surface area contributed by atoms with Crippen LogP contribution in [0.3, 0.4) is 0 Å². The Bertz CT molecular complexity index is 322. The van der Waals surface area contributed by atoms with E-state index in [1.54, 1.807) is 0 Å². The molecule has 1 aliphatic carbocycles. The second kappa shape index (κ2) is 5.03. The third-order valence-electron chi connectivity index (χ3n) is 3.07. The minimum Gasteiger partial charge on any atom is -0.309 e. The van der Waals surface area contributed by atoms with E-state index in [4.69, 9.17) is 0 Å². The Morgan fingerprint density at radius 1 is 1.67 bits per heavy atom. The average Bonchev–Trinajstić information content (AvgIpc) is 2.62. The molecule has 15 heavy (non-hydrogen) atoms. The van der Waals surface area contributed by atoms with Crippen LogP contribution in [-0.2, 0) is 13.5 Å². The van der Waals surface area contributed by atoms with Crippen LogP contribution in [0.15, 0.2) is 6.20 Å². The third-order valence-corrected chi connectivity index (χ3v) is 3.68. The third kappa shape index (κ3) is 2.37. The molecule has 0 aromatic carbocycles. The lowest BCUT2D eigenvalue weighted by atomic mass is 9.93. The molecular weight excluding hydrogens is 206 g/mol. The number of rotatable bonds is 4. The van der Waals surface area contributed by atoms with Crippen molar-refractivity contribution in [3.63, 3.8) is 0 Å². The summed E-state index contributed by atoms with van der Waals surface area (Å²) in [6, 6.07) is 0.537. The molecule has 1 aliphatic rings. The van der Waals surface area contributed by atoms with Crippen molar-refractivity contribution >= 4 is 11.8 Å². The van der Waals surface area contributed by atoms with E-state index in [0.29, 0.717) is 6.04 Å². The predicted octanol–water partition coefficient (Wildman–Crippen LogP) is 1.75. The van der Waals surface area contributed by atoms with E-state index in [9.17, 15) is 0 Å². The minimum atomic E-state index is 0.537. The molecule has 4 heteroatoms. The summed E-state index contributed by atoms with van der Waals surface area (Å²) in [6.07, 6.45) is 7.91. The highest BCUT2D eigenvalue weighted by Crippen LogP contribution is 2.28. The molecule has 0 amide bonds. The molecule has 0 saturated heterocycles. The highest BCUT2D eigenvalue weighted by atomic mass is 32.2. The van der Waals surface area contributed by atoms with Crippen molar-refractivity contribution in [1.29, 1.82) is 0 Å². The number of nitrogens with one attached hydrogen (secondary N) is 1. The Kier molecular flexibility index (Phi) is 3.70. The maximum atomic E-state index is 4.35. The molecule has 3 nitrogen and oxygen atoms in total. The van der Waals surface area contributed by atoms with Crippen molar-refractivity contribution in [3.05, 3.63) is 17.5 Å². The largest absolute Gasteiger partial charge is 0.309 e. The fourth-order valence-electron chi connectivity index (χ4n) is 2.25. The molecule has 0 fully saturated rings. The molecule has 0 aliphatic heterocycles. The summed E-state index contributed by atoms with van der Waals surface area (Å²) in [5.41, 5.74) is 2.84. The highest BCUT2D eigenvalue weighted by Gasteiger charge is 2.22. The zero-order valence-corrected chi connectivity index (χ0v) is 10.3. The molecule has 0 bridgehead atoms. The number of thioether (sulfide) groups is 1. The van der Waals surface area contributed by atoms with Gasteiger partial charge >= 0.3 is 0 Å². The first-order chi connectivity index (χ1) is 7.33. The Morgan fingerprint density at radius 3 is 3.33 bits per heavy atom. The van der Waals surface area contributed by atoms with E-state index in [2.05, 4.69) is 16.7 Å². The maximum Gasteiger partial charge on any atom is 0.0540 e. The Labute approximate surface area is 95.6 Å². The standard InChI is InChI=1S/C11H19N3S/c1-14-11-5-3-4-10(9(11)8-13-14)12-6-7-15-2/h8,10,12H,3-7H2,1-2H3. The van der Waals surface area contributed by atoms with Gasteiger partial charge in [0.05, 0.1) is 6.20 Å². The molecule has 1 atom stereocenters. The van der Waals surface area contributed by atoms with Crippen molar-refractivity contribution < 1.29 is 0 Å². The van der Waals surface area contributed by atoms with E-state index < -0.39 is 0 Å². The quantitative estimate of drug-likeness (QED) is 0.792. The number of nitrogens with zero attached hydrogens (tertiary/aromatic N) is 2. The molecule has 2 rings (SSSR count). The van der Waals surface area contributed by atoms with Gasteiger partial charge in [-0.2, -0.15) is 16.9 Å². The summed E-state index contributed by atoms with van der Waals surface area (Å²) in [7, 11) is 2.04. The van der Waals surface area contributed by atoms with Gasteiger partial charge in [0.25, 0.3) is 0 Å². The second-order valence-corrected chi connectivity index (χ2v) is 5.05. The van der Waals surface area contributed by atoms with Crippen molar-refractivity contribution in [2.75, 3.05) is 18.6 Å². The Hall–Kier alpha value is -0.480. The molecule has 1 aromatic heterocycles. The van der Waals surface area contributed by atoms with Crippen LogP contribution in [0.25, 0.3) is 0 Å². The molecule has 1 unspecified atom stereocenters. The number of hydrogen-bond donors (Lipinski definition) is 1. The molecule has 0 saturated carbocycles. The van der Waals surface area contributed by atoms with Crippen LogP contribution in [0, 0.1) is 0 Å². The zero-order valence-electron chi connectivity index (χ0n) is 9.49. The van der Waals surface area contributed by atoms with Crippen LogP contribution >= 0.6 is 11.8 Å². The molecule has 1 aromatic rings. The van der Waals surface area contributed by atoms with Crippen LogP contribution in [0.1, 0.15) is 30.1 Å². The highest BCUT2D eigenvalue weighted by molar-refractivity contribution is 7.98. The normalized spacial score (nSPS) is 20.3. The molecular formula is C11H19N3S. The van der Waals surface area contributed by atoms with Crippen LogP contribution < -0.4 is 5.32 Å². The SMILES string of the molecule is CSCCNC1CCCc2c1cnn2C. The summed E-state index contributed by atoms with van der Waals surface area (Å²) in [5, 5.41) is 7.97. The Balaban J connectivity index is 2.02. The molecule has 0 spiro atoms. The predicted molar refractivity (Wildman–Crippen MR) is 65.3 cm³/mol. The first kappa shape index (κ1) is 11.0. The summed E-state index contributed by atoms with van der Waals surface area (Å²) in [5.74, 6) is 1.19. The van der Waals surface area contributed by atoms with Crippen molar-refractivity contribution in [2.45, 2.75) is 25.3 Å². The van der Waals surface area contributed by atoms with Gasteiger partial charge in [0.2, 0.25) is 0 Å². The fraction of sp³-hybridized carbons (Fsp3) is 0.727. The smallest absolute Gasteiger partial charge is 0.0540 e. The van der Waals surface area contributed by atoms with E-state index in [1.807, 2.05) is 29.7 Å². The number of fused-ring (bicyclic) bond motifs is 1. The molecule has 84 valence electrons. The second-order valence-electron chi connectivity index (χ2n) is 4.06. The summed E-state index contributed by atoms with van der Waals surface area (Å²) >= 11 is 1.89. The summed E-state index contributed by atoms with van der Waals surface area (Å²) in [6.45, 7) is 1.10. The van der Waals surface area contributed by atoms with Gasteiger partial charge in [-0.1, -0.05) is 0 Å². The van der Waals surface area contributed by atoms with Gasteiger partial charge in [0, 0.05) is 36.6 Å². The summed E-state index contributed by atoms with van der Waals surface area (Å²) in [4.78, 5) is 0. The lowest BCUT2D eigenvalue weighted by Gasteiger charge is -2.23. The molecule has 1 N–H and O–H groups in total. The van der Waals surface area contributed by atoms with Gasteiger partial charge in [-0.05, 0) is 25.5 Å². The number of aromatic nitrogens is 2. The Morgan fingerprint density at radius 2 is 2.53 bits per heavy atom. The van der Waals surface area contributed by atoms with Crippen molar-refractivity contribution in [3.8, 4) is 0 Å². The van der Waals surface area contributed by atoms with Crippen LogP contribution in [0.2, 0.25) is 0 Å². The van der Waals surface area contributed by atoms with Crippen molar-refractivity contribution in [1.82, 2.24) is 15.1 Å². The van der Waals surface area contributed by atoms with Gasteiger partial charge in [-0.3, -0.25) is 4.68 Å². The van der Waals surface area contributed by atoms with Gasteiger partial charge in [-0.15, -0.1) is 0 Å². The lowest BCUT2D eigenvalue weighted by Crippen LogP contribution is -2.27. The van der Waals surface area contributed by atoms with E-state index in [1.165, 1.54) is 36.3 Å². The number of hydrogen-bond acceptors (Lipinski definition) is 3. The van der Waals surface area contributed by atoms with E-state index in [-0.39, 0.29) is 0 Å². The van der Waals surface area contributed by atoms with Gasteiger partial charge in [0.15, 0.2) is 0 Å². The molecule has 0 radical (unpaired) electrons. The van der Waals surface area contributed by atoms with Gasteiger partial charge < -0.3 is 5.32 Å². The van der Waals surface area contributed by atoms with Gasteiger partial charge in [0.1, 0.15) is 0 Å².